The average Bonchev–Trinajstić information content (AvgIpc) is 2.63. The highest BCUT2D eigenvalue weighted by Gasteiger charge is 2.29. The molecule has 2 rings (SSSR count). The zero-order valence-corrected chi connectivity index (χ0v) is 18.7. The van der Waals surface area contributed by atoms with E-state index in [1.807, 2.05) is 57.3 Å². The molecule has 0 fully saturated rings. The molecule has 0 unspecified atom stereocenters. The van der Waals surface area contributed by atoms with Gasteiger partial charge in [0.05, 0.1) is 11.9 Å². The normalized spacial score (nSPS) is 12.3. The molecule has 0 bridgehead atoms. The van der Waals surface area contributed by atoms with Crippen LogP contribution in [0.1, 0.15) is 24.5 Å². The number of amides is 1. The molecule has 0 aliphatic rings. The van der Waals surface area contributed by atoms with E-state index in [4.69, 9.17) is 0 Å². The Morgan fingerprint density at radius 3 is 2.17 bits per heavy atom. The van der Waals surface area contributed by atoms with Crippen LogP contribution in [0, 0.1) is 13.8 Å². The number of aryl methyl sites for hydroxylation is 2. The summed E-state index contributed by atoms with van der Waals surface area (Å²) in [6, 6.07) is 14.7. The van der Waals surface area contributed by atoms with Gasteiger partial charge < -0.3 is 10.2 Å². The molecule has 2 aromatic rings. The van der Waals surface area contributed by atoms with Gasteiger partial charge in [-0.25, -0.2) is 8.42 Å². The molecule has 0 spiro atoms. The average molecular weight is 418 g/mol. The second kappa shape index (κ2) is 9.78. The van der Waals surface area contributed by atoms with Crippen LogP contribution in [0.25, 0.3) is 0 Å². The maximum absolute atomic E-state index is 12.7. The van der Waals surface area contributed by atoms with Gasteiger partial charge in [-0.1, -0.05) is 24.3 Å². The van der Waals surface area contributed by atoms with Gasteiger partial charge in [-0.05, 0) is 62.6 Å². The summed E-state index contributed by atoms with van der Waals surface area (Å²) in [7, 11) is -1.61. The molecule has 0 aliphatic heterocycles. The largest absolute Gasteiger partial charge is 0.375 e. The van der Waals surface area contributed by atoms with E-state index < -0.39 is 16.1 Å². The summed E-state index contributed by atoms with van der Waals surface area (Å²) in [6.45, 7) is 6.69. The van der Waals surface area contributed by atoms with E-state index in [0.29, 0.717) is 12.2 Å². The molecular formula is C22H31N3O3S. The number of hydrogen-bond acceptors (Lipinski definition) is 4. The van der Waals surface area contributed by atoms with Crippen molar-refractivity contribution in [3.63, 3.8) is 0 Å². The van der Waals surface area contributed by atoms with Crippen LogP contribution >= 0.6 is 0 Å². The van der Waals surface area contributed by atoms with Crippen LogP contribution in [0.4, 0.5) is 11.4 Å². The monoisotopic (exact) mass is 417 g/mol. The van der Waals surface area contributed by atoms with Crippen molar-refractivity contribution < 1.29 is 13.2 Å². The Morgan fingerprint density at radius 1 is 1.03 bits per heavy atom. The van der Waals surface area contributed by atoms with Crippen molar-refractivity contribution in [3.8, 4) is 0 Å². The van der Waals surface area contributed by atoms with E-state index in [2.05, 4.69) is 10.2 Å². The predicted octanol–water partition coefficient (Wildman–Crippen LogP) is 3.10. The molecule has 0 aliphatic carbocycles. The van der Waals surface area contributed by atoms with E-state index in [1.165, 1.54) is 4.31 Å². The second-order valence-corrected chi connectivity index (χ2v) is 9.34. The van der Waals surface area contributed by atoms with Crippen LogP contribution in [0.5, 0.6) is 0 Å². The minimum Gasteiger partial charge on any atom is -0.375 e. The molecular weight excluding hydrogens is 386 g/mol. The van der Waals surface area contributed by atoms with Gasteiger partial charge in [-0.15, -0.1) is 0 Å². The second-order valence-electron chi connectivity index (χ2n) is 7.48. The molecule has 0 aromatic heterocycles. The lowest BCUT2D eigenvalue weighted by atomic mass is 10.1. The number of benzene rings is 2. The Morgan fingerprint density at radius 2 is 1.62 bits per heavy atom. The zero-order chi connectivity index (χ0) is 21.6. The van der Waals surface area contributed by atoms with Crippen molar-refractivity contribution in [2.24, 2.45) is 0 Å². The number of para-hydroxylation sites is 1. The molecule has 29 heavy (non-hydrogen) atoms. The van der Waals surface area contributed by atoms with Crippen LogP contribution in [-0.2, 0) is 14.8 Å². The van der Waals surface area contributed by atoms with Crippen molar-refractivity contribution in [3.05, 3.63) is 59.7 Å². The lowest BCUT2D eigenvalue weighted by Gasteiger charge is -2.29. The summed E-state index contributed by atoms with van der Waals surface area (Å²) in [6.07, 6.45) is 1.88. The summed E-state index contributed by atoms with van der Waals surface area (Å²) >= 11 is 0. The van der Waals surface area contributed by atoms with Gasteiger partial charge in [-0.2, -0.15) is 0 Å². The predicted molar refractivity (Wildman–Crippen MR) is 120 cm³/mol. The lowest BCUT2D eigenvalue weighted by molar-refractivity contribution is -0.121. The number of sulfonamides is 1. The number of nitrogens with one attached hydrogen (secondary N) is 1. The maximum atomic E-state index is 12.7. The number of anilines is 2. The molecule has 1 amide bonds. The number of carbonyl (C=O) groups is 1. The summed E-state index contributed by atoms with van der Waals surface area (Å²) in [5.41, 5.74) is 3.53. The van der Waals surface area contributed by atoms with Crippen LogP contribution in [-0.4, -0.2) is 46.8 Å². The lowest BCUT2D eigenvalue weighted by Crippen LogP contribution is -2.48. The van der Waals surface area contributed by atoms with Crippen LogP contribution < -0.4 is 14.5 Å². The molecule has 158 valence electrons. The molecule has 0 heterocycles. The smallest absolute Gasteiger partial charge is 0.243 e. The van der Waals surface area contributed by atoms with E-state index in [0.717, 1.165) is 36.0 Å². The van der Waals surface area contributed by atoms with Crippen molar-refractivity contribution >= 4 is 27.3 Å². The first-order valence-electron chi connectivity index (χ1n) is 9.71. The van der Waals surface area contributed by atoms with Crippen molar-refractivity contribution in [1.82, 2.24) is 5.32 Å². The SMILES string of the molecule is Cc1cc(C)cc(N([C@@H](C)C(=O)NCCCN(C)c2ccccc2)S(C)(=O)=O)c1. The van der Waals surface area contributed by atoms with Gasteiger partial charge in [0, 0.05) is 25.8 Å². The molecule has 1 atom stereocenters. The minimum absolute atomic E-state index is 0.308. The molecule has 7 heteroatoms. The fraction of sp³-hybridized carbons (Fsp3) is 0.409. The first kappa shape index (κ1) is 22.7. The Bertz CT molecular complexity index is 909. The van der Waals surface area contributed by atoms with Gasteiger partial charge in [0.25, 0.3) is 0 Å². The van der Waals surface area contributed by atoms with Crippen molar-refractivity contribution in [2.75, 3.05) is 35.6 Å². The Hall–Kier alpha value is -2.54. The third-order valence-corrected chi connectivity index (χ3v) is 5.96. The topological polar surface area (TPSA) is 69.7 Å². The summed E-state index contributed by atoms with van der Waals surface area (Å²) in [5, 5.41) is 2.87. The number of rotatable bonds is 9. The molecule has 0 radical (unpaired) electrons. The molecule has 0 saturated heterocycles. The molecule has 0 saturated carbocycles. The Kier molecular flexibility index (Phi) is 7.67. The van der Waals surface area contributed by atoms with Crippen LogP contribution in [0.2, 0.25) is 0 Å². The third kappa shape index (κ3) is 6.49. The van der Waals surface area contributed by atoms with Gasteiger partial charge in [0.2, 0.25) is 15.9 Å². The van der Waals surface area contributed by atoms with Crippen molar-refractivity contribution in [2.45, 2.75) is 33.2 Å². The highest BCUT2D eigenvalue weighted by Crippen LogP contribution is 2.23. The van der Waals surface area contributed by atoms with Gasteiger partial charge in [0.1, 0.15) is 6.04 Å². The van der Waals surface area contributed by atoms with E-state index in [9.17, 15) is 13.2 Å². The summed E-state index contributed by atoms with van der Waals surface area (Å²) in [5.74, 6) is -0.308. The molecule has 6 nitrogen and oxygen atoms in total. The standard InChI is InChI=1S/C22H31N3O3S/c1-17-14-18(2)16-21(15-17)25(29(5,27)28)19(3)22(26)23-12-9-13-24(4)20-10-7-6-8-11-20/h6-8,10-11,14-16,19H,9,12-13H2,1-5H3,(H,23,26)/t19-/m0/s1. The highest BCUT2D eigenvalue weighted by molar-refractivity contribution is 7.92. The first-order chi connectivity index (χ1) is 13.6. The van der Waals surface area contributed by atoms with E-state index in [1.54, 1.807) is 19.1 Å². The number of nitrogens with zero attached hydrogens (tertiary/aromatic N) is 2. The fourth-order valence-electron chi connectivity index (χ4n) is 3.37. The van der Waals surface area contributed by atoms with Crippen molar-refractivity contribution in [1.29, 1.82) is 0 Å². The van der Waals surface area contributed by atoms with Gasteiger partial charge in [0.15, 0.2) is 0 Å². The third-order valence-electron chi connectivity index (χ3n) is 4.72. The van der Waals surface area contributed by atoms with Crippen LogP contribution in [0.3, 0.4) is 0 Å². The molecule has 2 aromatic carbocycles. The Balaban J connectivity index is 1.99. The quantitative estimate of drug-likeness (QED) is 0.637. The van der Waals surface area contributed by atoms with E-state index in [-0.39, 0.29) is 5.91 Å². The van der Waals surface area contributed by atoms with E-state index >= 15 is 0 Å². The highest BCUT2D eigenvalue weighted by atomic mass is 32.2. The summed E-state index contributed by atoms with van der Waals surface area (Å²) < 4.78 is 26.0. The van der Waals surface area contributed by atoms with Gasteiger partial charge in [-0.3, -0.25) is 9.10 Å². The Labute approximate surface area is 174 Å². The summed E-state index contributed by atoms with van der Waals surface area (Å²) in [4.78, 5) is 14.8. The first-order valence-corrected chi connectivity index (χ1v) is 11.6. The number of hydrogen-bond donors (Lipinski definition) is 1. The maximum Gasteiger partial charge on any atom is 0.243 e. The number of carbonyl (C=O) groups excluding carboxylic acids is 1. The van der Waals surface area contributed by atoms with Crippen LogP contribution in [0.15, 0.2) is 48.5 Å². The van der Waals surface area contributed by atoms with Gasteiger partial charge >= 0.3 is 0 Å². The fourth-order valence-corrected chi connectivity index (χ4v) is 4.53. The minimum atomic E-state index is -3.61. The zero-order valence-electron chi connectivity index (χ0n) is 17.8. The molecule has 1 N–H and O–H groups in total.